The van der Waals surface area contributed by atoms with Crippen LogP contribution >= 0.6 is 23.1 Å². The van der Waals surface area contributed by atoms with Crippen LogP contribution in [-0.4, -0.2) is 16.4 Å². The van der Waals surface area contributed by atoms with Crippen LogP contribution in [0, 0.1) is 0 Å². The fourth-order valence-corrected chi connectivity index (χ4v) is 4.63. The van der Waals surface area contributed by atoms with Crippen LogP contribution in [0.25, 0.3) is 10.1 Å². The van der Waals surface area contributed by atoms with Gasteiger partial charge in [-0.15, -0.1) is 11.3 Å². The quantitative estimate of drug-likeness (QED) is 0.725. The SMILES string of the molecule is O=C1NC(=O)[C@H](Cc2ccc(OCc3ccccc3)c3ccsc23)S1. The highest BCUT2D eigenvalue weighted by molar-refractivity contribution is 8.15. The standard InChI is InChI=1S/C19H15NO3S2/c21-18-16(25-19(22)20-18)10-13-6-7-15(14-8-9-24-17(13)14)23-11-12-4-2-1-3-5-12/h1-9,16H,10-11H2,(H,20,21,22)/t16-/m0/s1. The Bertz CT molecular complexity index is 936. The Labute approximate surface area is 153 Å². The van der Waals surface area contributed by atoms with Crippen molar-refractivity contribution in [3.63, 3.8) is 0 Å². The molecule has 0 radical (unpaired) electrons. The molecule has 2 amide bonds. The number of nitrogens with one attached hydrogen (secondary N) is 1. The monoisotopic (exact) mass is 369 g/mol. The molecule has 1 aromatic heterocycles. The Morgan fingerprint density at radius 1 is 1.04 bits per heavy atom. The van der Waals surface area contributed by atoms with Gasteiger partial charge in [0.15, 0.2) is 0 Å². The van der Waals surface area contributed by atoms with E-state index in [4.69, 9.17) is 4.74 Å². The van der Waals surface area contributed by atoms with E-state index in [-0.39, 0.29) is 16.4 Å². The normalized spacial score (nSPS) is 17.0. The Hall–Kier alpha value is -2.31. The van der Waals surface area contributed by atoms with Gasteiger partial charge >= 0.3 is 0 Å². The van der Waals surface area contributed by atoms with Crippen LogP contribution in [0.15, 0.2) is 53.9 Å². The highest BCUT2D eigenvalue weighted by Gasteiger charge is 2.32. The summed E-state index contributed by atoms with van der Waals surface area (Å²) >= 11 is 2.69. The van der Waals surface area contributed by atoms with Crippen LogP contribution in [0.4, 0.5) is 4.79 Å². The van der Waals surface area contributed by atoms with Crippen molar-refractivity contribution in [3.05, 3.63) is 65.0 Å². The van der Waals surface area contributed by atoms with E-state index in [2.05, 4.69) is 5.32 Å². The number of imide groups is 1. The van der Waals surface area contributed by atoms with Gasteiger partial charge in [0.1, 0.15) is 12.4 Å². The van der Waals surface area contributed by atoms with Crippen molar-refractivity contribution in [3.8, 4) is 5.75 Å². The molecule has 1 aliphatic rings. The first-order chi connectivity index (χ1) is 12.2. The number of hydrogen-bond acceptors (Lipinski definition) is 5. The van der Waals surface area contributed by atoms with Crippen LogP contribution in [0.3, 0.4) is 0 Å². The van der Waals surface area contributed by atoms with Crippen LogP contribution in [-0.2, 0) is 17.8 Å². The number of benzene rings is 2. The van der Waals surface area contributed by atoms with Crippen molar-refractivity contribution in [2.24, 2.45) is 0 Å². The van der Waals surface area contributed by atoms with Gasteiger partial charge in [0.05, 0.1) is 5.25 Å². The minimum absolute atomic E-state index is 0.205. The molecule has 1 atom stereocenters. The zero-order valence-corrected chi connectivity index (χ0v) is 14.9. The van der Waals surface area contributed by atoms with Crippen LogP contribution in [0.1, 0.15) is 11.1 Å². The van der Waals surface area contributed by atoms with Crippen molar-refractivity contribution in [2.45, 2.75) is 18.3 Å². The molecule has 0 unspecified atom stereocenters. The molecule has 6 heteroatoms. The number of carbonyl (C=O) groups excluding carboxylic acids is 2. The van der Waals surface area contributed by atoms with Gasteiger partial charge in [-0.3, -0.25) is 14.9 Å². The van der Waals surface area contributed by atoms with Gasteiger partial charge in [0.25, 0.3) is 5.24 Å². The molecule has 1 N–H and O–H groups in total. The third kappa shape index (κ3) is 3.41. The number of thiophene rings is 1. The van der Waals surface area contributed by atoms with E-state index in [1.165, 1.54) is 0 Å². The van der Waals surface area contributed by atoms with Crippen molar-refractivity contribution in [1.82, 2.24) is 5.32 Å². The number of rotatable bonds is 5. The molecule has 0 bridgehead atoms. The predicted molar refractivity (Wildman–Crippen MR) is 101 cm³/mol. The Balaban J connectivity index is 1.56. The molecule has 126 valence electrons. The van der Waals surface area contributed by atoms with Crippen molar-refractivity contribution in [1.29, 1.82) is 0 Å². The third-order valence-electron chi connectivity index (χ3n) is 4.07. The lowest BCUT2D eigenvalue weighted by atomic mass is 10.1. The summed E-state index contributed by atoms with van der Waals surface area (Å²) in [6.07, 6.45) is 0.540. The summed E-state index contributed by atoms with van der Waals surface area (Å²) in [4.78, 5) is 23.2. The summed E-state index contributed by atoms with van der Waals surface area (Å²) in [5, 5.41) is 4.80. The van der Waals surface area contributed by atoms with Gasteiger partial charge in [-0.25, -0.2) is 0 Å². The van der Waals surface area contributed by atoms with Crippen LogP contribution in [0.2, 0.25) is 0 Å². The Morgan fingerprint density at radius 2 is 1.88 bits per heavy atom. The fourth-order valence-electron chi connectivity index (χ4n) is 2.84. The highest BCUT2D eigenvalue weighted by atomic mass is 32.2. The summed E-state index contributed by atoms with van der Waals surface area (Å²) in [6.45, 7) is 0.514. The molecule has 2 heterocycles. The van der Waals surface area contributed by atoms with Gasteiger partial charge in [0.2, 0.25) is 5.91 Å². The highest BCUT2D eigenvalue weighted by Crippen LogP contribution is 2.35. The van der Waals surface area contributed by atoms with Gasteiger partial charge in [-0.05, 0) is 35.1 Å². The minimum atomic E-state index is -0.353. The zero-order valence-electron chi connectivity index (χ0n) is 13.2. The molecule has 1 fully saturated rings. The molecule has 0 saturated carbocycles. The second-order valence-electron chi connectivity index (χ2n) is 5.75. The number of amides is 2. The lowest BCUT2D eigenvalue weighted by molar-refractivity contribution is -0.118. The molecule has 2 aromatic carbocycles. The number of ether oxygens (including phenoxy) is 1. The first-order valence-electron chi connectivity index (χ1n) is 7.88. The average Bonchev–Trinajstić information content (AvgIpc) is 3.22. The second kappa shape index (κ2) is 6.90. The summed E-state index contributed by atoms with van der Waals surface area (Å²) in [7, 11) is 0. The van der Waals surface area contributed by atoms with E-state index < -0.39 is 0 Å². The lowest BCUT2D eigenvalue weighted by Crippen LogP contribution is -2.25. The summed E-state index contributed by atoms with van der Waals surface area (Å²) < 4.78 is 7.10. The summed E-state index contributed by atoms with van der Waals surface area (Å²) in [6, 6.07) is 16.0. The number of thioether (sulfide) groups is 1. The van der Waals surface area contributed by atoms with E-state index in [1.54, 1.807) is 11.3 Å². The average molecular weight is 369 g/mol. The Kier molecular flexibility index (Phi) is 4.46. The maximum atomic E-state index is 11.8. The van der Waals surface area contributed by atoms with Gasteiger partial charge in [-0.1, -0.05) is 48.2 Å². The maximum Gasteiger partial charge on any atom is 0.286 e. The molecule has 0 aliphatic carbocycles. The first-order valence-corrected chi connectivity index (χ1v) is 9.64. The minimum Gasteiger partial charge on any atom is -0.488 e. The molecule has 0 spiro atoms. The second-order valence-corrected chi connectivity index (χ2v) is 7.84. The molecule has 1 aliphatic heterocycles. The fraction of sp³-hybridized carbons (Fsp3) is 0.158. The largest absolute Gasteiger partial charge is 0.488 e. The Morgan fingerprint density at radius 3 is 2.64 bits per heavy atom. The maximum absolute atomic E-state index is 11.8. The number of hydrogen-bond donors (Lipinski definition) is 1. The van der Waals surface area contributed by atoms with E-state index in [0.29, 0.717) is 13.0 Å². The smallest absolute Gasteiger partial charge is 0.286 e. The molecule has 4 nitrogen and oxygen atoms in total. The molecule has 4 rings (SSSR count). The molecule has 25 heavy (non-hydrogen) atoms. The van der Waals surface area contributed by atoms with Crippen LogP contribution < -0.4 is 10.1 Å². The molecule has 1 saturated heterocycles. The van der Waals surface area contributed by atoms with Crippen LogP contribution in [0.5, 0.6) is 5.75 Å². The molecular weight excluding hydrogens is 354 g/mol. The van der Waals surface area contributed by atoms with Gasteiger partial charge in [0, 0.05) is 10.1 Å². The predicted octanol–water partition coefficient (Wildman–Crippen LogP) is 4.37. The first kappa shape index (κ1) is 16.2. The van der Waals surface area contributed by atoms with Crippen molar-refractivity contribution in [2.75, 3.05) is 0 Å². The van der Waals surface area contributed by atoms with E-state index in [9.17, 15) is 9.59 Å². The summed E-state index contributed by atoms with van der Waals surface area (Å²) in [5.74, 6) is 0.632. The van der Waals surface area contributed by atoms with E-state index >= 15 is 0 Å². The topological polar surface area (TPSA) is 55.4 Å². The zero-order chi connectivity index (χ0) is 17.2. The third-order valence-corrected chi connectivity index (χ3v) is 6.04. The van der Waals surface area contributed by atoms with Crippen molar-refractivity contribution >= 4 is 44.3 Å². The van der Waals surface area contributed by atoms with Crippen molar-refractivity contribution < 1.29 is 14.3 Å². The number of fused-ring (bicyclic) bond motifs is 1. The van der Waals surface area contributed by atoms with Gasteiger partial charge in [-0.2, -0.15) is 0 Å². The molecule has 3 aromatic rings. The molecular formula is C19H15NO3S2. The summed E-state index contributed by atoms with van der Waals surface area (Å²) in [5.41, 5.74) is 2.19. The van der Waals surface area contributed by atoms with Gasteiger partial charge < -0.3 is 4.74 Å². The lowest BCUT2D eigenvalue weighted by Gasteiger charge is -2.11. The van der Waals surface area contributed by atoms with E-state index in [0.717, 1.165) is 38.7 Å². The van der Waals surface area contributed by atoms with E-state index in [1.807, 2.05) is 53.9 Å². The number of carbonyl (C=O) groups is 2.